The summed E-state index contributed by atoms with van der Waals surface area (Å²) < 4.78 is 4.95. The zero-order chi connectivity index (χ0) is 17.6. The zero-order valence-corrected chi connectivity index (χ0v) is 14.5. The number of halogens is 1. The number of nitrogens with one attached hydrogen (secondary N) is 1. The molecule has 0 radical (unpaired) electrons. The third-order valence-electron chi connectivity index (χ3n) is 5.21. The largest absolute Gasteiger partial charge is 0.468 e. The Morgan fingerprint density at radius 3 is 2.46 bits per heavy atom. The van der Waals surface area contributed by atoms with Crippen molar-refractivity contribution in [3.05, 3.63) is 34.9 Å². The molecule has 1 aromatic rings. The normalized spacial score (nSPS) is 32.2. The first-order valence-electron chi connectivity index (χ1n) is 7.80. The average molecular weight is 351 g/mol. The Morgan fingerprint density at radius 2 is 1.92 bits per heavy atom. The third kappa shape index (κ3) is 2.17. The number of rotatable bonds is 3. The lowest BCUT2D eigenvalue weighted by Crippen LogP contribution is -2.55. The molecule has 2 amide bonds. The van der Waals surface area contributed by atoms with Crippen LogP contribution in [0.15, 0.2) is 24.3 Å². The van der Waals surface area contributed by atoms with Crippen LogP contribution in [-0.2, 0) is 19.1 Å². The Hall–Kier alpha value is -1.92. The highest BCUT2D eigenvalue weighted by molar-refractivity contribution is 6.30. The molecule has 6 nitrogen and oxygen atoms in total. The van der Waals surface area contributed by atoms with Gasteiger partial charge in [-0.25, -0.2) is 0 Å². The molecule has 24 heavy (non-hydrogen) atoms. The van der Waals surface area contributed by atoms with Gasteiger partial charge in [0, 0.05) is 18.1 Å². The maximum Gasteiger partial charge on any atom is 0.326 e. The second-order valence-corrected chi connectivity index (χ2v) is 6.67. The number of carbonyl (C=O) groups is 3. The fourth-order valence-corrected chi connectivity index (χ4v) is 4.07. The Kier molecular flexibility index (Phi) is 4.13. The molecule has 1 aromatic carbocycles. The molecule has 0 aliphatic carbocycles. The molecule has 2 fully saturated rings. The van der Waals surface area contributed by atoms with Gasteiger partial charge in [-0.05, 0) is 24.1 Å². The minimum Gasteiger partial charge on any atom is -0.468 e. The Balaban J connectivity index is 2.12. The number of amides is 2. The summed E-state index contributed by atoms with van der Waals surface area (Å²) in [6, 6.07) is 6.60. The van der Waals surface area contributed by atoms with Crippen LogP contribution >= 0.6 is 11.6 Å². The topological polar surface area (TPSA) is 75.7 Å². The van der Waals surface area contributed by atoms with E-state index < -0.39 is 29.4 Å². The number of likely N-dealkylation sites (tertiary alicyclic amines) is 1. The average Bonchev–Trinajstić information content (AvgIpc) is 3.05. The van der Waals surface area contributed by atoms with E-state index in [-0.39, 0.29) is 11.8 Å². The highest BCUT2D eigenvalue weighted by atomic mass is 35.5. The molecule has 3 rings (SSSR count). The van der Waals surface area contributed by atoms with Gasteiger partial charge < -0.3 is 4.74 Å². The first kappa shape index (κ1) is 16.9. The van der Waals surface area contributed by atoms with Gasteiger partial charge in [0.2, 0.25) is 11.8 Å². The van der Waals surface area contributed by atoms with E-state index in [2.05, 4.69) is 5.32 Å². The van der Waals surface area contributed by atoms with Gasteiger partial charge in [0.25, 0.3) is 0 Å². The van der Waals surface area contributed by atoms with Crippen LogP contribution < -0.4 is 5.32 Å². The van der Waals surface area contributed by atoms with Crippen molar-refractivity contribution >= 4 is 29.4 Å². The SMILES string of the molecule is CC[C@]1(C(=O)OC)N[C@@H](c2ccc(Cl)cc2)[C@H]2C(=O)N(C)C(=O)[C@H]21. The van der Waals surface area contributed by atoms with Crippen molar-refractivity contribution in [2.24, 2.45) is 11.8 Å². The number of methoxy groups -OCH3 is 1. The maximum atomic E-state index is 12.7. The van der Waals surface area contributed by atoms with E-state index in [0.29, 0.717) is 11.4 Å². The minimum atomic E-state index is -1.21. The molecule has 7 heteroatoms. The van der Waals surface area contributed by atoms with Gasteiger partial charge in [-0.15, -0.1) is 0 Å². The van der Waals surface area contributed by atoms with Crippen molar-refractivity contribution in [3.63, 3.8) is 0 Å². The molecule has 2 heterocycles. The van der Waals surface area contributed by atoms with Crippen LogP contribution in [0.4, 0.5) is 0 Å². The summed E-state index contributed by atoms with van der Waals surface area (Å²) in [4.78, 5) is 38.9. The van der Waals surface area contributed by atoms with E-state index in [9.17, 15) is 14.4 Å². The quantitative estimate of drug-likeness (QED) is 0.661. The molecule has 1 N–H and O–H groups in total. The molecule has 0 saturated carbocycles. The molecular weight excluding hydrogens is 332 g/mol. The van der Waals surface area contributed by atoms with Gasteiger partial charge >= 0.3 is 5.97 Å². The maximum absolute atomic E-state index is 12.7. The molecular formula is C17H19ClN2O4. The lowest BCUT2D eigenvalue weighted by atomic mass is 9.78. The predicted molar refractivity (Wildman–Crippen MR) is 87.1 cm³/mol. The molecule has 0 unspecified atom stereocenters. The van der Waals surface area contributed by atoms with E-state index >= 15 is 0 Å². The standard InChI is InChI=1S/C17H19ClN2O4/c1-4-17(16(23)24-3)12-11(14(21)20(2)15(12)22)13(19-17)9-5-7-10(18)8-6-9/h5-8,11-13,19H,4H2,1-3H3/t11-,12-,13-,17-/m0/s1. The van der Waals surface area contributed by atoms with Gasteiger partial charge in [0.05, 0.1) is 18.9 Å². The Morgan fingerprint density at radius 1 is 1.29 bits per heavy atom. The van der Waals surface area contributed by atoms with E-state index in [0.717, 1.165) is 10.5 Å². The summed E-state index contributed by atoms with van der Waals surface area (Å²) in [5.74, 6) is -2.55. The van der Waals surface area contributed by atoms with Crippen molar-refractivity contribution < 1.29 is 19.1 Å². The first-order chi connectivity index (χ1) is 11.4. The van der Waals surface area contributed by atoms with Crippen LogP contribution in [-0.4, -0.2) is 42.4 Å². The number of nitrogens with zero attached hydrogens (tertiary/aromatic N) is 1. The molecule has 0 aromatic heterocycles. The molecule has 4 atom stereocenters. The number of esters is 1. The summed E-state index contributed by atoms with van der Waals surface area (Å²) in [7, 11) is 2.75. The summed E-state index contributed by atoms with van der Waals surface area (Å²) in [6.07, 6.45) is 0.345. The van der Waals surface area contributed by atoms with Crippen LogP contribution in [0.3, 0.4) is 0 Å². The van der Waals surface area contributed by atoms with E-state index in [1.54, 1.807) is 31.2 Å². The predicted octanol–water partition coefficient (Wildman–Crippen LogP) is 1.54. The van der Waals surface area contributed by atoms with Crippen molar-refractivity contribution in [3.8, 4) is 0 Å². The van der Waals surface area contributed by atoms with Crippen LogP contribution in [0.2, 0.25) is 5.02 Å². The first-order valence-corrected chi connectivity index (χ1v) is 8.18. The fraction of sp³-hybridized carbons (Fsp3) is 0.471. The number of hydrogen-bond donors (Lipinski definition) is 1. The Bertz CT molecular complexity index is 705. The number of hydrogen-bond acceptors (Lipinski definition) is 5. The van der Waals surface area contributed by atoms with Crippen molar-refractivity contribution in [2.45, 2.75) is 24.9 Å². The van der Waals surface area contributed by atoms with Crippen molar-refractivity contribution in [1.29, 1.82) is 0 Å². The Labute approximate surface area is 145 Å². The van der Waals surface area contributed by atoms with E-state index in [4.69, 9.17) is 16.3 Å². The second-order valence-electron chi connectivity index (χ2n) is 6.23. The molecule has 128 valence electrons. The summed E-state index contributed by atoms with van der Waals surface area (Å²) in [5, 5.41) is 3.82. The molecule has 2 aliphatic heterocycles. The fourth-order valence-electron chi connectivity index (χ4n) is 3.94. The lowest BCUT2D eigenvalue weighted by Gasteiger charge is -2.30. The minimum absolute atomic E-state index is 0.281. The molecule has 0 spiro atoms. The van der Waals surface area contributed by atoms with Gasteiger partial charge in [-0.1, -0.05) is 30.7 Å². The van der Waals surface area contributed by atoms with Gasteiger partial charge in [0.15, 0.2) is 0 Å². The summed E-state index contributed by atoms with van der Waals surface area (Å²) >= 11 is 5.94. The summed E-state index contributed by atoms with van der Waals surface area (Å²) in [5.41, 5.74) is -0.397. The highest BCUT2D eigenvalue weighted by Crippen LogP contribution is 2.50. The van der Waals surface area contributed by atoms with Gasteiger partial charge in [-0.2, -0.15) is 0 Å². The van der Waals surface area contributed by atoms with Crippen molar-refractivity contribution in [2.75, 3.05) is 14.2 Å². The van der Waals surface area contributed by atoms with Crippen LogP contribution in [0.5, 0.6) is 0 Å². The monoisotopic (exact) mass is 350 g/mol. The van der Waals surface area contributed by atoms with Crippen LogP contribution in [0, 0.1) is 11.8 Å². The van der Waals surface area contributed by atoms with Crippen LogP contribution in [0.1, 0.15) is 24.9 Å². The molecule has 2 aliphatic rings. The smallest absolute Gasteiger partial charge is 0.326 e. The number of ether oxygens (including phenoxy) is 1. The number of fused-ring (bicyclic) bond motifs is 1. The van der Waals surface area contributed by atoms with Crippen LogP contribution in [0.25, 0.3) is 0 Å². The molecule has 2 saturated heterocycles. The van der Waals surface area contributed by atoms with E-state index in [1.165, 1.54) is 14.2 Å². The summed E-state index contributed by atoms with van der Waals surface area (Å²) in [6.45, 7) is 1.81. The number of carbonyl (C=O) groups excluding carboxylic acids is 3. The van der Waals surface area contributed by atoms with E-state index in [1.807, 2.05) is 0 Å². The number of imide groups is 1. The second kappa shape index (κ2) is 5.86. The molecule has 0 bridgehead atoms. The van der Waals surface area contributed by atoms with Gasteiger partial charge in [-0.3, -0.25) is 24.6 Å². The third-order valence-corrected chi connectivity index (χ3v) is 5.46. The lowest BCUT2D eigenvalue weighted by molar-refractivity contribution is -0.154. The van der Waals surface area contributed by atoms with Crippen molar-refractivity contribution in [1.82, 2.24) is 10.2 Å². The highest BCUT2D eigenvalue weighted by Gasteiger charge is 2.67. The zero-order valence-electron chi connectivity index (χ0n) is 13.7. The number of benzene rings is 1. The van der Waals surface area contributed by atoms with Gasteiger partial charge in [0.1, 0.15) is 5.54 Å².